The van der Waals surface area contributed by atoms with Crippen LogP contribution in [0.3, 0.4) is 0 Å². The van der Waals surface area contributed by atoms with Gasteiger partial charge < -0.3 is 14.5 Å². The minimum Gasteiger partial charge on any atom is -0.393 e. The van der Waals surface area contributed by atoms with Crippen molar-refractivity contribution in [1.82, 2.24) is 10.1 Å². The van der Waals surface area contributed by atoms with Gasteiger partial charge in [0.25, 0.3) is 5.95 Å². The molecule has 0 fully saturated rings. The van der Waals surface area contributed by atoms with Crippen LogP contribution in [-0.4, -0.2) is 34.9 Å². The van der Waals surface area contributed by atoms with E-state index < -0.39 is 6.10 Å². The van der Waals surface area contributed by atoms with Gasteiger partial charge in [-0.2, -0.15) is 4.98 Å². The fourth-order valence-electron chi connectivity index (χ4n) is 1.45. The Kier molecular flexibility index (Phi) is 4.73. The molecule has 0 aliphatic heterocycles. The van der Waals surface area contributed by atoms with E-state index >= 15 is 0 Å². The Balaban J connectivity index is 2.51. The Labute approximate surface area is 96.5 Å². The van der Waals surface area contributed by atoms with Crippen molar-refractivity contribution in [3.05, 3.63) is 5.89 Å². The van der Waals surface area contributed by atoms with E-state index in [0.717, 1.165) is 13.0 Å². The van der Waals surface area contributed by atoms with Gasteiger partial charge in [-0.05, 0) is 24.4 Å². The Morgan fingerprint density at radius 2 is 2.12 bits per heavy atom. The molecule has 1 heterocycles. The predicted octanol–water partition coefficient (Wildman–Crippen LogP) is 1.48. The van der Waals surface area contributed by atoms with E-state index in [1.807, 2.05) is 18.9 Å². The summed E-state index contributed by atoms with van der Waals surface area (Å²) in [7, 11) is 1.90. The second-order valence-corrected chi connectivity index (χ2v) is 4.49. The molecule has 1 aromatic heterocycles. The predicted molar refractivity (Wildman–Crippen MR) is 62.4 cm³/mol. The number of aliphatic hydroxyl groups excluding tert-OH is 1. The summed E-state index contributed by atoms with van der Waals surface area (Å²) in [5.41, 5.74) is 0. The van der Waals surface area contributed by atoms with E-state index in [1.54, 1.807) is 0 Å². The quantitative estimate of drug-likeness (QED) is 0.797. The van der Waals surface area contributed by atoms with Gasteiger partial charge in [-0.25, -0.2) is 0 Å². The molecule has 1 rings (SSSR count). The molecule has 0 aromatic carbocycles. The van der Waals surface area contributed by atoms with Crippen LogP contribution in [0.5, 0.6) is 0 Å². The first-order valence-electron chi connectivity index (χ1n) is 5.74. The molecular formula is C11H21N3O2. The molecule has 0 spiro atoms. The van der Waals surface area contributed by atoms with Gasteiger partial charge in [0, 0.05) is 13.6 Å². The van der Waals surface area contributed by atoms with E-state index in [1.165, 1.54) is 0 Å². The fourth-order valence-corrected chi connectivity index (χ4v) is 1.45. The highest BCUT2D eigenvalue weighted by Crippen LogP contribution is 2.12. The van der Waals surface area contributed by atoms with Crippen molar-refractivity contribution in [3.63, 3.8) is 0 Å². The van der Waals surface area contributed by atoms with E-state index in [0.29, 0.717) is 24.2 Å². The van der Waals surface area contributed by atoms with Gasteiger partial charge in [0.15, 0.2) is 0 Å². The normalized spacial score (nSPS) is 13.1. The summed E-state index contributed by atoms with van der Waals surface area (Å²) in [4.78, 5) is 6.11. The Hall–Kier alpha value is -1.10. The topological polar surface area (TPSA) is 62.4 Å². The smallest absolute Gasteiger partial charge is 0.265 e. The molecule has 1 atom stereocenters. The SMILES string of the molecule is CCN(C)c1noc(CC(O)CC(C)C)n1. The van der Waals surface area contributed by atoms with Crippen molar-refractivity contribution >= 4 is 5.95 Å². The lowest BCUT2D eigenvalue weighted by atomic mass is 10.0. The van der Waals surface area contributed by atoms with Crippen LogP contribution >= 0.6 is 0 Å². The van der Waals surface area contributed by atoms with Gasteiger partial charge in [-0.1, -0.05) is 13.8 Å². The van der Waals surface area contributed by atoms with Crippen LogP contribution in [0, 0.1) is 5.92 Å². The van der Waals surface area contributed by atoms with E-state index in [-0.39, 0.29) is 0 Å². The van der Waals surface area contributed by atoms with Crippen LogP contribution in [0.25, 0.3) is 0 Å². The zero-order valence-corrected chi connectivity index (χ0v) is 10.5. The molecule has 0 saturated carbocycles. The summed E-state index contributed by atoms with van der Waals surface area (Å²) in [5, 5.41) is 13.6. The van der Waals surface area contributed by atoms with Crippen molar-refractivity contribution in [2.24, 2.45) is 5.92 Å². The molecule has 0 aliphatic carbocycles. The van der Waals surface area contributed by atoms with Crippen LogP contribution in [-0.2, 0) is 6.42 Å². The van der Waals surface area contributed by atoms with Crippen molar-refractivity contribution in [1.29, 1.82) is 0 Å². The third-order valence-electron chi connectivity index (χ3n) is 2.43. The van der Waals surface area contributed by atoms with Gasteiger partial charge in [0.1, 0.15) is 0 Å². The number of aromatic nitrogens is 2. The molecule has 92 valence electrons. The van der Waals surface area contributed by atoms with Crippen LogP contribution in [0.15, 0.2) is 4.52 Å². The molecule has 1 N–H and O–H groups in total. The van der Waals surface area contributed by atoms with E-state index in [2.05, 4.69) is 24.0 Å². The van der Waals surface area contributed by atoms with Gasteiger partial charge in [0.05, 0.1) is 12.5 Å². The first kappa shape index (κ1) is 13.0. The number of rotatable bonds is 6. The minimum atomic E-state index is -0.403. The summed E-state index contributed by atoms with van der Waals surface area (Å²) in [6.07, 6.45) is 0.782. The molecule has 1 unspecified atom stereocenters. The Bertz CT molecular complexity index is 312. The largest absolute Gasteiger partial charge is 0.393 e. The minimum absolute atomic E-state index is 0.403. The van der Waals surface area contributed by atoms with Crippen molar-refractivity contribution in [2.75, 3.05) is 18.5 Å². The highest BCUT2D eigenvalue weighted by atomic mass is 16.5. The molecule has 16 heavy (non-hydrogen) atoms. The second kappa shape index (κ2) is 5.84. The van der Waals surface area contributed by atoms with Crippen LogP contribution in [0.1, 0.15) is 33.1 Å². The number of nitrogens with zero attached hydrogens (tertiary/aromatic N) is 3. The lowest BCUT2D eigenvalue weighted by molar-refractivity contribution is 0.138. The molecule has 5 heteroatoms. The fraction of sp³-hybridized carbons (Fsp3) is 0.818. The molecule has 1 aromatic rings. The average molecular weight is 227 g/mol. The van der Waals surface area contributed by atoms with Gasteiger partial charge in [-0.3, -0.25) is 0 Å². The highest BCUT2D eigenvalue weighted by molar-refractivity contribution is 5.25. The molecular weight excluding hydrogens is 206 g/mol. The van der Waals surface area contributed by atoms with Gasteiger partial charge >= 0.3 is 0 Å². The Morgan fingerprint density at radius 1 is 1.44 bits per heavy atom. The molecule has 0 radical (unpaired) electrons. The zero-order valence-electron chi connectivity index (χ0n) is 10.5. The van der Waals surface area contributed by atoms with Crippen LogP contribution in [0.4, 0.5) is 5.95 Å². The maximum absolute atomic E-state index is 9.74. The molecule has 0 amide bonds. The third kappa shape index (κ3) is 3.81. The summed E-state index contributed by atoms with van der Waals surface area (Å²) in [6.45, 7) is 7.00. The summed E-state index contributed by atoms with van der Waals surface area (Å²) < 4.78 is 5.08. The summed E-state index contributed by atoms with van der Waals surface area (Å²) in [5.74, 6) is 1.55. The maximum atomic E-state index is 9.74. The number of aliphatic hydroxyl groups is 1. The number of hydrogen-bond acceptors (Lipinski definition) is 5. The Morgan fingerprint density at radius 3 is 2.69 bits per heavy atom. The lowest BCUT2D eigenvalue weighted by Crippen LogP contribution is -2.17. The van der Waals surface area contributed by atoms with Crippen molar-refractivity contribution in [3.8, 4) is 0 Å². The van der Waals surface area contributed by atoms with Crippen LogP contribution in [0.2, 0.25) is 0 Å². The zero-order chi connectivity index (χ0) is 12.1. The third-order valence-corrected chi connectivity index (χ3v) is 2.43. The molecule has 0 aliphatic rings. The average Bonchev–Trinajstić information content (AvgIpc) is 2.63. The summed E-state index contributed by atoms with van der Waals surface area (Å²) in [6, 6.07) is 0. The van der Waals surface area contributed by atoms with Gasteiger partial charge in [-0.15, -0.1) is 0 Å². The van der Waals surface area contributed by atoms with Crippen molar-refractivity contribution in [2.45, 2.75) is 39.7 Å². The maximum Gasteiger partial charge on any atom is 0.265 e. The van der Waals surface area contributed by atoms with Crippen molar-refractivity contribution < 1.29 is 9.63 Å². The van der Waals surface area contributed by atoms with Gasteiger partial charge in [0.2, 0.25) is 5.89 Å². The first-order valence-corrected chi connectivity index (χ1v) is 5.74. The van der Waals surface area contributed by atoms with E-state index in [9.17, 15) is 5.11 Å². The highest BCUT2D eigenvalue weighted by Gasteiger charge is 2.14. The standard InChI is InChI=1S/C11H21N3O2/c1-5-14(4)11-12-10(16-13-11)7-9(15)6-8(2)3/h8-9,15H,5-7H2,1-4H3. The molecule has 5 nitrogen and oxygen atoms in total. The number of hydrogen-bond donors (Lipinski definition) is 1. The summed E-state index contributed by atoms with van der Waals surface area (Å²) >= 11 is 0. The van der Waals surface area contributed by atoms with Crippen LogP contribution < -0.4 is 4.90 Å². The number of anilines is 1. The lowest BCUT2D eigenvalue weighted by Gasteiger charge is -2.10. The van der Waals surface area contributed by atoms with E-state index in [4.69, 9.17) is 4.52 Å². The molecule has 0 saturated heterocycles. The monoisotopic (exact) mass is 227 g/mol. The second-order valence-electron chi connectivity index (χ2n) is 4.49. The molecule has 0 bridgehead atoms. The first-order chi connectivity index (χ1) is 7.52.